The predicted molar refractivity (Wildman–Crippen MR) is 84.7 cm³/mol. The lowest BCUT2D eigenvalue weighted by Gasteiger charge is -2.17. The number of carbonyl (C=O) groups excluding carboxylic acids is 1. The van der Waals surface area contributed by atoms with Crippen LogP contribution in [-0.4, -0.2) is 15.3 Å². The quantitative estimate of drug-likeness (QED) is 0.694. The van der Waals surface area contributed by atoms with Gasteiger partial charge in [0, 0.05) is 12.8 Å². The molecule has 114 valence electrons. The molecule has 0 radical (unpaired) electrons. The van der Waals surface area contributed by atoms with Crippen molar-refractivity contribution in [1.82, 2.24) is 9.55 Å². The number of hydrogen-bond donors (Lipinski definition) is 0. The number of ketones is 1. The fourth-order valence-electron chi connectivity index (χ4n) is 2.98. The molecular weight excluding hydrogens is 295 g/mol. The molecule has 4 rings (SSSR count). The second-order valence-corrected chi connectivity index (χ2v) is 5.70. The first-order chi connectivity index (χ1) is 11.1. The summed E-state index contributed by atoms with van der Waals surface area (Å²) in [4.78, 5) is 28.6. The highest BCUT2D eigenvalue weighted by atomic mass is 19.1. The number of aryl methyl sites for hydroxylation is 1. The first-order valence-corrected chi connectivity index (χ1v) is 7.43. The number of hydrogen-bond acceptors (Lipinski definition) is 3. The number of aromatic nitrogens is 2. The van der Waals surface area contributed by atoms with Crippen LogP contribution in [0.2, 0.25) is 0 Å². The minimum atomic E-state index is -0.306. The zero-order chi connectivity index (χ0) is 16.0. The largest absolute Gasteiger partial charge is 0.298 e. The van der Waals surface area contributed by atoms with E-state index in [1.165, 1.54) is 16.7 Å². The van der Waals surface area contributed by atoms with Gasteiger partial charge < -0.3 is 0 Å². The Kier molecular flexibility index (Phi) is 3.08. The van der Waals surface area contributed by atoms with Gasteiger partial charge in [-0.1, -0.05) is 18.2 Å². The SMILES string of the molecule is O=C1CCc2nc3cc(-c4cccc(F)c4)ccc3c(=O)n2C1. The van der Waals surface area contributed by atoms with Gasteiger partial charge in [0.25, 0.3) is 5.56 Å². The molecule has 1 aliphatic rings. The predicted octanol–water partition coefficient (Wildman–Crippen LogP) is 2.72. The molecule has 0 bridgehead atoms. The second-order valence-electron chi connectivity index (χ2n) is 5.70. The Morgan fingerprint density at radius 3 is 2.65 bits per heavy atom. The van der Waals surface area contributed by atoms with Gasteiger partial charge in [-0.3, -0.25) is 14.2 Å². The van der Waals surface area contributed by atoms with Gasteiger partial charge in [-0.05, 0) is 35.4 Å². The molecule has 23 heavy (non-hydrogen) atoms. The van der Waals surface area contributed by atoms with Crippen molar-refractivity contribution in [2.45, 2.75) is 19.4 Å². The minimum absolute atomic E-state index is 0.0529. The van der Waals surface area contributed by atoms with Crippen LogP contribution in [-0.2, 0) is 17.8 Å². The van der Waals surface area contributed by atoms with Crippen molar-refractivity contribution in [2.75, 3.05) is 0 Å². The zero-order valence-electron chi connectivity index (χ0n) is 12.3. The minimum Gasteiger partial charge on any atom is -0.298 e. The zero-order valence-corrected chi connectivity index (χ0v) is 12.3. The van der Waals surface area contributed by atoms with Gasteiger partial charge in [0.15, 0.2) is 5.78 Å². The number of carbonyl (C=O) groups is 1. The van der Waals surface area contributed by atoms with Crippen LogP contribution < -0.4 is 5.56 Å². The Morgan fingerprint density at radius 1 is 1.00 bits per heavy atom. The standard InChI is InChI=1S/C18H13FN2O2/c19-13-3-1-2-11(8-13)12-4-6-15-16(9-12)20-17-7-5-14(22)10-21(17)18(15)23/h1-4,6,8-9H,5,7,10H2. The van der Waals surface area contributed by atoms with Crippen molar-refractivity contribution < 1.29 is 9.18 Å². The van der Waals surface area contributed by atoms with E-state index in [1.54, 1.807) is 24.3 Å². The van der Waals surface area contributed by atoms with E-state index >= 15 is 0 Å². The van der Waals surface area contributed by atoms with Crippen molar-refractivity contribution >= 4 is 16.7 Å². The number of rotatable bonds is 1. The molecule has 5 heteroatoms. The molecule has 0 aliphatic carbocycles. The topological polar surface area (TPSA) is 52.0 Å². The number of nitrogens with zero attached hydrogens (tertiary/aromatic N) is 2. The van der Waals surface area contributed by atoms with Crippen LogP contribution in [0.5, 0.6) is 0 Å². The first-order valence-electron chi connectivity index (χ1n) is 7.43. The summed E-state index contributed by atoms with van der Waals surface area (Å²) in [6.45, 7) is 0.1000. The Labute approximate surface area is 131 Å². The Hall–Kier alpha value is -2.82. The Bertz CT molecular complexity index is 1010. The van der Waals surface area contributed by atoms with Crippen molar-refractivity contribution in [2.24, 2.45) is 0 Å². The summed E-state index contributed by atoms with van der Waals surface area (Å²) in [5.74, 6) is 0.384. The Balaban J connectivity index is 1.92. The smallest absolute Gasteiger partial charge is 0.261 e. The fourth-order valence-corrected chi connectivity index (χ4v) is 2.98. The third kappa shape index (κ3) is 2.34. The Morgan fingerprint density at radius 2 is 1.83 bits per heavy atom. The van der Waals surface area contributed by atoms with Gasteiger partial charge in [0.05, 0.1) is 17.4 Å². The third-order valence-electron chi connectivity index (χ3n) is 4.15. The molecule has 4 nitrogen and oxygen atoms in total. The normalized spacial score (nSPS) is 14.0. The second kappa shape index (κ2) is 5.12. The molecule has 0 saturated heterocycles. The third-order valence-corrected chi connectivity index (χ3v) is 4.15. The fraction of sp³-hybridized carbons (Fsp3) is 0.167. The van der Waals surface area contributed by atoms with Gasteiger partial charge in [0.2, 0.25) is 0 Å². The molecule has 0 atom stereocenters. The summed E-state index contributed by atoms with van der Waals surface area (Å²) in [6, 6.07) is 11.6. The van der Waals surface area contributed by atoms with Crippen LogP contribution in [0.25, 0.3) is 22.0 Å². The van der Waals surface area contributed by atoms with Crippen LogP contribution in [0.3, 0.4) is 0 Å². The summed E-state index contributed by atoms with van der Waals surface area (Å²) in [6.07, 6.45) is 0.899. The molecule has 0 saturated carbocycles. The molecule has 2 aromatic carbocycles. The van der Waals surface area contributed by atoms with E-state index in [9.17, 15) is 14.0 Å². The van der Waals surface area contributed by atoms with Crippen molar-refractivity contribution in [3.63, 3.8) is 0 Å². The van der Waals surface area contributed by atoms with E-state index in [2.05, 4.69) is 4.98 Å². The van der Waals surface area contributed by atoms with E-state index in [-0.39, 0.29) is 23.7 Å². The maximum Gasteiger partial charge on any atom is 0.261 e. The number of halogens is 1. The van der Waals surface area contributed by atoms with E-state index in [0.29, 0.717) is 29.6 Å². The van der Waals surface area contributed by atoms with Gasteiger partial charge in [0.1, 0.15) is 11.6 Å². The number of fused-ring (bicyclic) bond motifs is 2. The molecule has 0 N–H and O–H groups in total. The van der Waals surface area contributed by atoms with Gasteiger partial charge >= 0.3 is 0 Å². The van der Waals surface area contributed by atoms with Gasteiger partial charge in [-0.25, -0.2) is 9.37 Å². The molecule has 0 fully saturated rings. The average Bonchev–Trinajstić information content (AvgIpc) is 2.55. The van der Waals surface area contributed by atoms with E-state index in [4.69, 9.17) is 0 Å². The van der Waals surface area contributed by atoms with Crippen LogP contribution >= 0.6 is 0 Å². The lowest BCUT2D eigenvalue weighted by molar-refractivity contribution is -0.120. The highest BCUT2D eigenvalue weighted by molar-refractivity contribution is 5.85. The summed E-state index contributed by atoms with van der Waals surface area (Å²) in [5, 5.41) is 0.476. The maximum absolute atomic E-state index is 13.4. The molecule has 3 aromatic rings. The summed E-state index contributed by atoms with van der Waals surface area (Å²) >= 11 is 0. The van der Waals surface area contributed by atoms with Crippen molar-refractivity contribution in [3.8, 4) is 11.1 Å². The highest BCUT2D eigenvalue weighted by Crippen LogP contribution is 2.23. The summed E-state index contributed by atoms with van der Waals surface area (Å²) < 4.78 is 14.8. The molecule has 0 amide bonds. The van der Waals surface area contributed by atoms with Crippen LogP contribution in [0.4, 0.5) is 4.39 Å². The van der Waals surface area contributed by atoms with E-state index < -0.39 is 0 Å². The summed E-state index contributed by atoms with van der Waals surface area (Å²) in [7, 11) is 0. The summed E-state index contributed by atoms with van der Waals surface area (Å²) in [5.41, 5.74) is 1.93. The van der Waals surface area contributed by atoms with E-state index in [1.807, 2.05) is 6.07 Å². The van der Waals surface area contributed by atoms with E-state index in [0.717, 1.165) is 11.1 Å². The van der Waals surface area contributed by atoms with Crippen molar-refractivity contribution in [1.29, 1.82) is 0 Å². The highest BCUT2D eigenvalue weighted by Gasteiger charge is 2.19. The van der Waals surface area contributed by atoms with Gasteiger partial charge in [-0.2, -0.15) is 0 Å². The molecular formula is C18H13FN2O2. The molecule has 0 unspecified atom stereocenters. The number of Topliss-reactive ketones (excluding diaryl/α,β-unsaturated/α-hetero) is 1. The average molecular weight is 308 g/mol. The van der Waals surface area contributed by atoms with Crippen LogP contribution in [0.1, 0.15) is 12.2 Å². The van der Waals surface area contributed by atoms with Gasteiger partial charge in [-0.15, -0.1) is 0 Å². The maximum atomic E-state index is 13.4. The molecule has 2 heterocycles. The van der Waals surface area contributed by atoms with Crippen molar-refractivity contribution in [3.05, 3.63) is 64.5 Å². The van der Waals surface area contributed by atoms with Crippen LogP contribution in [0.15, 0.2) is 47.3 Å². The molecule has 1 aliphatic heterocycles. The lowest BCUT2D eigenvalue weighted by atomic mass is 10.0. The lowest BCUT2D eigenvalue weighted by Crippen LogP contribution is -2.32. The molecule has 0 spiro atoms. The van der Waals surface area contributed by atoms with Crippen LogP contribution in [0, 0.1) is 5.82 Å². The number of benzene rings is 2. The first kappa shape index (κ1) is 13.8. The molecule has 1 aromatic heterocycles. The monoisotopic (exact) mass is 308 g/mol.